The van der Waals surface area contributed by atoms with Gasteiger partial charge in [-0.05, 0) is 36.9 Å². The fourth-order valence-electron chi connectivity index (χ4n) is 2.74. The Morgan fingerprint density at radius 3 is 2.58 bits per heavy atom. The molecule has 106 valence electrons. The van der Waals surface area contributed by atoms with Crippen molar-refractivity contribution in [3.63, 3.8) is 0 Å². The first-order valence-corrected chi connectivity index (χ1v) is 7.36. The van der Waals surface area contributed by atoms with Crippen LogP contribution in [-0.2, 0) is 6.54 Å². The SMILES string of the molecule is CCCNCc1c(F)cccc1N1CC(C)C(C)C1. The van der Waals surface area contributed by atoms with Crippen molar-refractivity contribution in [2.45, 2.75) is 33.7 Å². The molecule has 0 aromatic heterocycles. The van der Waals surface area contributed by atoms with Gasteiger partial charge in [-0.3, -0.25) is 0 Å². The maximum atomic E-state index is 14.1. The van der Waals surface area contributed by atoms with E-state index in [-0.39, 0.29) is 5.82 Å². The summed E-state index contributed by atoms with van der Waals surface area (Å²) in [7, 11) is 0. The van der Waals surface area contributed by atoms with Gasteiger partial charge in [-0.2, -0.15) is 0 Å². The quantitative estimate of drug-likeness (QED) is 0.820. The van der Waals surface area contributed by atoms with Crippen LogP contribution in [0.15, 0.2) is 18.2 Å². The number of halogens is 1. The van der Waals surface area contributed by atoms with Gasteiger partial charge in [0, 0.05) is 30.9 Å². The van der Waals surface area contributed by atoms with Crippen molar-refractivity contribution in [3.8, 4) is 0 Å². The topological polar surface area (TPSA) is 15.3 Å². The van der Waals surface area contributed by atoms with Gasteiger partial charge in [0.1, 0.15) is 5.82 Å². The van der Waals surface area contributed by atoms with E-state index in [1.807, 2.05) is 6.07 Å². The average molecular weight is 264 g/mol. The Morgan fingerprint density at radius 1 is 1.26 bits per heavy atom. The Bertz CT molecular complexity index is 409. The first-order chi connectivity index (χ1) is 9.13. The van der Waals surface area contributed by atoms with Crippen LogP contribution >= 0.6 is 0 Å². The molecule has 1 heterocycles. The average Bonchev–Trinajstić information content (AvgIpc) is 2.71. The molecule has 0 amide bonds. The molecule has 1 saturated heterocycles. The van der Waals surface area contributed by atoms with Gasteiger partial charge in [-0.15, -0.1) is 0 Å². The molecule has 2 atom stereocenters. The van der Waals surface area contributed by atoms with E-state index in [1.54, 1.807) is 6.07 Å². The maximum absolute atomic E-state index is 14.1. The molecule has 0 spiro atoms. The Morgan fingerprint density at radius 2 is 1.95 bits per heavy atom. The van der Waals surface area contributed by atoms with Crippen molar-refractivity contribution in [2.24, 2.45) is 11.8 Å². The van der Waals surface area contributed by atoms with E-state index in [0.29, 0.717) is 18.4 Å². The number of nitrogens with zero attached hydrogens (tertiary/aromatic N) is 1. The Kier molecular flexibility index (Phi) is 4.81. The molecule has 1 aromatic rings. The first kappa shape index (κ1) is 14.3. The minimum atomic E-state index is -0.0895. The molecule has 3 heteroatoms. The van der Waals surface area contributed by atoms with E-state index in [1.165, 1.54) is 0 Å². The van der Waals surface area contributed by atoms with E-state index in [4.69, 9.17) is 0 Å². The second-order valence-corrected chi connectivity index (χ2v) is 5.77. The summed E-state index contributed by atoms with van der Waals surface area (Å²) in [6.45, 7) is 10.3. The zero-order valence-electron chi connectivity index (χ0n) is 12.2. The summed E-state index contributed by atoms with van der Waals surface area (Å²) in [6.07, 6.45) is 1.07. The fraction of sp³-hybridized carbons (Fsp3) is 0.625. The van der Waals surface area contributed by atoms with Crippen LogP contribution in [0.3, 0.4) is 0 Å². The third-order valence-electron chi connectivity index (χ3n) is 4.15. The second kappa shape index (κ2) is 6.38. The lowest BCUT2D eigenvalue weighted by Gasteiger charge is -2.22. The second-order valence-electron chi connectivity index (χ2n) is 5.77. The molecular formula is C16H25FN2. The lowest BCUT2D eigenvalue weighted by atomic mass is 10.0. The van der Waals surface area contributed by atoms with Gasteiger partial charge in [-0.25, -0.2) is 4.39 Å². The molecule has 2 rings (SSSR count). The summed E-state index contributed by atoms with van der Waals surface area (Å²) in [5, 5.41) is 3.31. The number of nitrogens with one attached hydrogen (secondary N) is 1. The first-order valence-electron chi connectivity index (χ1n) is 7.36. The minimum Gasteiger partial charge on any atom is -0.371 e. The number of hydrogen-bond donors (Lipinski definition) is 1. The van der Waals surface area contributed by atoms with Crippen LogP contribution in [0.25, 0.3) is 0 Å². The van der Waals surface area contributed by atoms with Gasteiger partial charge < -0.3 is 10.2 Å². The summed E-state index contributed by atoms with van der Waals surface area (Å²) >= 11 is 0. The number of benzene rings is 1. The van der Waals surface area contributed by atoms with E-state index in [9.17, 15) is 4.39 Å². The molecule has 1 fully saturated rings. The van der Waals surface area contributed by atoms with Crippen LogP contribution in [0.2, 0.25) is 0 Å². The molecule has 2 unspecified atom stereocenters. The zero-order chi connectivity index (χ0) is 13.8. The normalized spacial score (nSPS) is 23.1. The highest BCUT2D eigenvalue weighted by Gasteiger charge is 2.27. The lowest BCUT2D eigenvalue weighted by Crippen LogP contribution is -2.24. The molecule has 0 saturated carbocycles. The smallest absolute Gasteiger partial charge is 0.129 e. The van der Waals surface area contributed by atoms with Gasteiger partial charge >= 0.3 is 0 Å². The van der Waals surface area contributed by atoms with E-state index >= 15 is 0 Å². The number of anilines is 1. The molecule has 1 aliphatic heterocycles. The summed E-state index contributed by atoms with van der Waals surface area (Å²) in [4.78, 5) is 2.33. The molecule has 19 heavy (non-hydrogen) atoms. The predicted octanol–water partition coefficient (Wildman–Crippen LogP) is 3.42. The largest absolute Gasteiger partial charge is 0.371 e. The minimum absolute atomic E-state index is 0.0895. The zero-order valence-corrected chi connectivity index (χ0v) is 12.2. The van der Waals surface area contributed by atoms with Crippen molar-refractivity contribution in [1.29, 1.82) is 0 Å². The molecule has 1 aromatic carbocycles. The Hall–Kier alpha value is -1.09. The van der Waals surface area contributed by atoms with E-state index in [0.717, 1.165) is 37.3 Å². The van der Waals surface area contributed by atoms with Gasteiger partial charge in [0.05, 0.1) is 0 Å². The van der Waals surface area contributed by atoms with Gasteiger partial charge in [-0.1, -0.05) is 26.8 Å². The maximum Gasteiger partial charge on any atom is 0.129 e. The molecule has 0 aliphatic carbocycles. The van der Waals surface area contributed by atoms with Gasteiger partial charge in [0.25, 0.3) is 0 Å². The molecule has 0 bridgehead atoms. The van der Waals surface area contributed by atoms with E-state index in [2.05, 4.69) is 37.1 Å². The number of hydrogen-bond acceptors (Lipinski definition) is 2. The van der Waals surface area contributed by atoms with Gasteiger partial charge in [0.15, 0.2) is 0 Å². The van der Waals surface area contributed by atoms with Crippen LogP contribution < -0.4 is 10.2 Å². The summed E-state index contributed by atoms with van der Waals surface area (Å²) in [5.74, 6) is 1.27. The highest BCUT2D eigenvalue weighted by atomic mass is 19.1. The summed E-state index contributed by atoms with van der Waals surface area (Å²) in [6, 6.07) is 5.44. The van der Waals surface area contributed by atoms with Crippen molar-refractivity contribution in [1.82, 2.24) is 5.32 Å². The standard InChI is InChI=1S/C16H25FN2/c1-4-8-18-9-14-15(17)6-5-7-16(14)19-10-12(2)13(3)11-19/h5-7,12-13,18H,4,8-11H2,1-3H3. The highest BCUT2D eigenvalue weighted by Crippen LogP contribution is 2.31. The Labute approximate surface area is 116 Å². The highest BCUT2D eigenvalue weighted by molar-refractivity contribution is 5.55. The van der Waals surface area contributed by atoms with E-state index < -0.39 is 0 Å². The van der Waals surface area contributed by atoms with Crippen LogP contribution in [-0.4, -0.2) is 19.6 Å². The Balaban J connectivity index is 2.17. The van der Waals surface area contributed by atoms with Crippen LogP contribution in [0.5, 0.6) is 0 Å². The summed E-state index contributed by atoms with van der Waals surface area (Å²) < 4.78 is 14.1. The molecule has 1 N–H and O–H groups in total. The molecular weight excluding hydrogens is 239 g/mol. The van der Waals surface area contributed by atoms with Crippen molar-refractivity contribution < 1.29 is 4.39 Å². The predicted molar refractivity (Wildman–Crippen MR) is 78.9 cm³/mol. The van der Waals surface area contributed by atoms with Crippen LogP contribution in [0.1, 0.15) is 32.8 Å². The summed E-state index contributed by atoms with van der Waals surface area (Å²) in [5.41, 5.74) is 1.89. The van der Waals surface area contributed by atoms with Crippen LogP contribution in [0.4, 0.5) is 10.1 Å². The van der Waals surface area contributed by atoms with Crippen molar-refractivity contribution >= 4 is 5.69 Å². The van der Waals surface area contributed by atoms with Crippen molar-refractivity contribution in [3.05, 3.63) is 29.6 Å². The molecule has 2 nitrogen and oxygen atoms in total. The third kappa shape index (κ3) is 3.27. The van der Waals surface area contributed by atoms with Crippen molar-refractivity contribution in [2.75, 3.05) is 24.5 Å². The lowest BCUT2D eigenvalue weighted by molar-refractivity contribution is 0.494. The number of rotatable bonds is 5. The van der Waals surface area contributed by atoms with Gasteiger partial charge in [0.2, 0.25) is 0 Å². The molecule has 1 aliphatic rings. The monoisotopic (exact) mass is 264 g/mol. The van der Waals surface area contributed by atoms with Crippen LogP contribution in [0, 0.1) is 17.7 Å². The fourth-order valence-corrected chi connectivity index (χ4v) is 2.74. The third-order valence-corrected chi connectivity index (χ3v) is 4.15. The molecule has 0 radical (unpaired) electrons.